The summed E-state index contributed by atoms with van der Waals surface area (Å²) in [7, 11) is 3.87. The van der Waals surface area contributed by atoms with Crippen molar-refractivity contribution >= 4 is 11.6 Å². The molecule has 1 aromatic rings. The minimum absolute atomic E-state index is 0.000918. The second-order valence-corrected chi connectivity index (χ2v) is 4.91. The largest absolute Gasteiger partial charge is 0.416 e. The highest BCUT2D eigenvalue weighted by Gasteiger charge is 2.31. The molecule has 8 heteroatoms. The van der Waals surface area contributed by atoms with Crippen LogP contribution in [0.25, 0.3) is 0 Å². The van der Waals surface area contributed by atoms with E-state index in [2.05, 4.69) is 15.7 Å². The molecule has 0 spiro atoms. The van der Waals surface area contributed by atoms with Gasteiger partial charge in [0.25, 0.3) is 0 Å². The maximum Gasteiger partial charge on any atom is 0.416 e. The molecule has 0 saturated heterocycles. The molecule has 0 bridgehead atoms. The van der Waals surface area contributed by atoms with Crippen molar-refractivity contribution < 1.29 is 13.2 Å². The Hall–Kier alpha value is -1.54. The lowest BCUT2D eigenvalue weighted by Gasteiger charge is -2.18. The SMILES string of the molecule is CC(CCN(C)C)Nc1cc(C(F)(F)F)cc(NN)n1. The molecule has 0 aromatic carbocycles. The van der Waals surface area contributed by atoms with Crippen LogP contribution >= 0.6 is 0 Å². The quantitative estimate of drug-likeness (QED) is 0.553. The lowest BCUT2D eigenvalue weighted by molar-refractivity contribution is -0.137. The summed E-state index contributed by atoms with van der Waals surface area (Å²) < 4.78 is 38.2. The van der Waals surface area contributed by atoms with Crippen LogP contribution in [0.4, 0.5) is 24.8 Å². The molecular formula is C12H20F3N5. The van der Waals surface area contributed by atoms with Crippen molar-refractivity contribution in [2.24, 2.45) is 5.84 Å². The number of alkyl halides is 3. The fourth-order valence-corrected chi connectivity index (χ4v) is 1.62. The second kappa shape index (κ2) is 6.76. The monoisotopic (exact) mass is 291 g/mol. The van der Waals surface area contributed by atoms with Crippen molar-refractivity contribution in [3.63, 3.8) is 0 Å². The first kappa shape index (κ1) is 16.5. The maximum atomic E-state index is 12.7. The standard InChI is InChI=1S/C12H20F3N5/c1-8(4-5-20(2)3)17-10-6-9(12(13,14)15)7-11(18-10)19-16/h6-8H,4-5,16H2,1-3H3,(H2,17,18,19). The molecule has 0 aliphatic carbocycles. The summed E-state index contributed by atoms with van der Waals surface area (Å²) in [4.78, 5) is 5.98. The van der Waals surface area contributed by atoms with E-state index < -0.39 is 11.7 Å². The van der Waals surface area contributed by atoms with Gasteiger partial charge in [0.05, 0.1) is 5.56 Å². The van der Waals surface area contributed by atoms with Crippen molar-refractivity contribution in [1.29, 1.82) is 0 Å². The zero-order valence-corrected chi connectivity index (χ0v) is 11.8. The van der Waals surface area contributed by atoms with E-state index in [0.717, 1.165) is 25.1 Å². The van der Waals surface area contributed by atoms with Crippen LogP contribution in [-0.4, -0.2) is 36.6 Å². The van der Waals surface area contributed by atoms with Gasteiger partial charge in [0.2, 0.25) is 0 Å². The van der Waals surface area contributed by atoms with E-state index in [1.807, 2.05) is 25.9 Å². The van der Waals surface area contributed by atoms with E-state index in [0.29, 0.717) is 0 Å². The summed E-state index contributed by atoms with van der Waals surface area (Å²) in [5.41, 5.74) is 1.35. The van der Waals surface area contributed by atoms with Crippen LogP contribution in [0.5, 0.6) is 0 Å². The Morgan fingerprint density at radius 1 is 1.30 bits per heavy atom. The predicted molar refractivity (Wildman–Crippen MR) is 73.3 cm³/mol. The fraction of sp³-hybridized carbons (Fsp3) is 0.583. The summed E-state index contributed by atoms with van der Waals surface area (Å²) in [6.07, 6.45) is -3.64. The molecule has 0 fully saturated rings. The first-order valence-corrected chi connectivity index (χ1v) is 6.19. The summed E-state index contributed by atoms with van der Waals surface area (Å²) in [5, 5.41) is 2.95. The highest BCUT2D eigenvalue weighted by molar-refractivity contribution is 5.49. The molecule has 4 N–H and O–H groups in total. The van der Waals surface area contributed by atoms with Gasteiger partial charge in [-0.2, -0.15) is 13.2 Å². The molecule has 1 heterocycles. The predicted octanol–water partition coefficient (Wildman–Crippen LogP) is 2.14. The number of nitrogens with zero attached hydrogens (tertiary/aromatic N) is 2. The molecule has 5 nitrogen and oxygen atoms in total. The van der Waals surface area contributed by atoms with Crippen molar-refractivity contribution in [1.82, 2.24) is 9.88 Å². The zero-order chi connectivity index (χ0) is 15.3. The molecule has 0 saturated carbocycles. The van der Waals surface area contributed by atoms with E-state index in [1.165, 1.54) is 0 Å². The minimum atomic E-state index is -4.43. The normalized spacial score (nSPS) is 13.4. The van der Waals surface area contributed by atoms with Crippen LogP contribution < -0.4 is 16.6 Å². The van der Waals surface area contributed by atoms with Gasteiger partial charge >= 0.3 is 6.18 Å². The van der Waals surface area contributed by atoms with E-state index in [4.69, 9.17) is 5.84 Å². The first-order valence-electron chi connectivity index (χ1n) is 6.19. The lowest BCUT2D eigenvalue weighted by Crippen LogP contribution is -2.24. The lowest BCUT2D eigenvalue weighted by atomic mass is 10.2. The Morgan fingerprint density at radius 3 is 2.40 bits per heavy atom. The number of halogens is 3. The van der Waals surface area contributed by atoms with E-state index in [1.54, 1.807) is 0 Å². The summed E-state index contributed by atoms with van der Waals surface area (Å²) >= 11 is 0. The number of hydrogen-bond acceptors (Lipinski definition) is 5. The Kier molecular flexibility index (Phi) is 5.58. The molecule has 0 aliphatic rings. The maximum absolute atomic E-state index is 12.7. The number of aromatic nitrogens is 1. The third kappa shape index (κ3) is 5.22. The molecule has 114 valence electrons. The fourth-order valence-electron chi connectivity index (χ4n) is 1.62. The Morgan fingerprint density at radius 2 is 1.90 bits per heavy atom. The number of nitrogens with two attached hydrogens (primary N) is 1. The van der Waals surface area contributed by atoms with E-state index >= 15 is 0 Å². The minimum Gasteiger partial charge on any atom is -0.367 e. The molecule has 20 heavy (non-hydrogen) atoms. The van der Waals surface area contributed by atoms with Crippen LogP contribution in [0.3, 0.4) is 0 Å². The first-order chi connectivity index (χ1) is 9.22. The molecule has 0 aliphatic heterocycles. The van der Waals surface area contributed by atoms with Crippen molar-refractivity contribution in [3.8, 4) is 0 Å². The van der Waals surface area contributed by atoms with Gasteiger partial charge in [-0.05, 0) is 46.1 Å². The van der Waals surface area contributed by atoms with E-state index in [-0.39, 0.29) is 17.7 Å². The average Bonchev–Trinajstić information content (AvgIpc) is 2.34. The molecule has 1 rings (SSSR count). The topological polar surface area (TPSA) is 66.2 Å². The summed E-state index contributed by atoms with van der Waals surface area (Å²) in [5.74, 6) is 5.27. The van der Waals surface area contributed by atoms with Crippen molar-refractivity contribution in [3.05, 3.63) is 17.7 Å². The number of pyridine rings is 1. The third-order valence-electron chi connectivity index (χ3n) is 2.70. The number of rotatable bonds is 6. The number of nitrogen functional groups attached to an aromatic ring is 1. The summed E-state index contributed by atoms with van der Waals surface area (Å²) in [6, 6.07) is 1.85. The van der Waals surface area contributed by atoms with Gasteiger partial charge in [-0.25, -0.2) is 10.8 Å². The Labute approximate surface area is 116 Å². The Bertz CT molecular complexity index is 434. The van der Waals surface area contributed by atoms with Crippen LogP contribution in [-0.2, 0) is 6.18 Å². The van der Waals surface area contributed by atoms with Gasteiger partial charge in [0.15, 0.2) is 0 Å². The Balaban J connectivity index is 2.84. The number of hydrogen-bond donors (Lipinski definition) is 3. The molecule has 0 amide bonds. The van der Waals surface area contributed by atoms with E-state index in [9.17, 15) is 13.2 Å². The smallest absolute Gasteiger partial charge is 0.367 e. The molecule has 1 unspecified atom stereocenters. The molecular weight excluding hydrogens is 271 g/mol. The van der Waals surface area contributed by atoms with Crippen molar-refractivity contribution in [2.75, 3.05) is 31.4 Å². The van der Waals surface area contributed by atoms with Gasteiger partial charge in [-0.1, -0.05) is 0 Å². The zero-order valence-electron chi connectivity index (χ0n) is 11.8. The number of nitrogens with one attached hydrogen (secondary N) is 2. The number of hydrazine groups is 1. The second-order valence-electron chi connectivity index (χ2n) is 4.91. The molecule has 0 radical (unpaired) electrons. The van der Waals surface area contributed by atoms with Crippen molar-refractivity contribution in [2.45, 2.75) is 25.6 Å². The average molecular weight is 291 g/mol. The summed E-state index contributed by atoms with van der Waals surface area (Å²) in [6.45, 7) is 2.72. The third-order valence-corrected chi connectivity index (χ3v) is 2.70. The van der Waals surface area contributed by atoms with Gasteiger partial charge in [-0.15, -0.1) is 0 Å². The number of anilines is 2. The van der Waals surface area contributed by atoms with Gasteiger partial charge in [0.1, 0.15) is 11.6 Å². The van der Waals surface area contributed by atoms with Gasteiger partial charge in [-0.3, -0.25) is 0 Å². The highest BCUT2D eigenvalue weighted by atomic mass is 19.4. The van der Waals surface area contributed by atoms with Crippen LogP contribution in [0.2, 0.25) is 0 Å². The van der Waals surface area contributed by atoms with Gasteiger partial charge in [0, 0.05) is 6.04 Å². The van der Waals surface area contributed by atoms with Crippen LogP contribution in [0, 0.1) is 0 Å². The van der Waals surface area contributed by atoms with Crippen LogP contribution in [0.1, 0.15) is 18.9 Å². The highest BCUT2D eigenvalue weighted by Crippen LogP contribution is 2.32. The van der Waals surface area contributed by atoms with Gasteiger partial charge < -0.3 is 15.6 Å². The molecule has 1 aromatic heterocycles. The molecule has 1 atom stereocenters. The van der Waals surface area contributed by atoms with Crippen LogP contribution in [0.15, 0.2) is 12.1 Å².